The molecule has 2 amide bonds. The van der Waals surface area contributed by atoms with Gasteiger partial charge in [0.15, 0.2) is 0 Å². The van der Waals surface area contributed by atoms with Gasteiger partial charge in [0, 0.05) is 35.4 Å². The molecule has 0 aliphatic rings. The molecule has 3 rings (SSSR count). The van der Waals surface area contributed by atoms with Gasteiger partial charge in [-0.25, -0.2) is 8.42 Å². The number of sulfonamides is 1. The van der Waals surface area contributed by atoms with Crippen LogP contribution in [0.15, 0.2) is 71.6 Å². The van der Waals surface area contributed by atoms with E-state index in [0.29, 0.717) is 21.8 Å². The van der Waals surface area contributed by atoms with Crippen molar-refractivity contribution in [3.63, 3.8) is 0 Å². The van der Waals surface area contributed by atoms with E-state index in [1.165, 1.54) is 37.4 Å². The van der Waals surface area contributed by atoms with Gasteiger partial charge < -0.3 is 10.6 Å². The molecule has 0 atom stereocenters. The summed E-state index contributed by atoms with van der Waals surface area (Å²) in [5.41, 5.74) is 1.60. The lowest BCUT2D eigenvalue weighted by atomic mass is 10.1. The van der Waals surface area contributed by atoms with E-state index in [1.54, 1.807) is 36.4 Å². The zero-order valence-corrected chi connectivity index (χ0v) is 19.2. The minimum Gasteiger partial charge on any atom is -0.355 e. The third kappa shape index (κ3) is 5.79. The average molecular weight is 492 g/mol. The number of rotatable bonds is 7. The zero-order chi connectivity index (χ0) is 23.3. The predicted octanol–water partition coefficient (Wildman–Crippen LogP) is 4.08. The molecule has 32 heavy (non-hydrogen) atoms. The highest BCUT2D eigenvalue weighted by atomic mass is 35.5. The Morgan fingerprint density at radius 3 is 2.25 bits per heavy atom. The van der Waals surface area contributed by atoms with E-state index in [-0.39, 0.29) is 27.9 Å². The number of nitrogens with one attached hydrogen (secondary N) is 3. The Morgan fingerprint density at radius 1 is 0.875 bits per heavy atom. The molecule has 166 valence electrons. The van der Waals surface area contributed by atoms with Gasteiger partial charge in [-0.2, -0.15) is 0 Å². The number of hydrogen-bond acceptors (Lipinski definition) is 4. The minimum atomic E-state index is -4.05. The summed E-state index contributed by atoms with van der Waals surface area (Å²) < 4.78 is 28.0. The Kier molecular flexibility index (Phi) is 7.40. The van der Waals surface area contributed by atoms with E-state index in [1.807, 2.05) is 0 Å². The van der Waals surface area contributed by atoms with Crippen molar-refractivity contribution in [3.05, 3.63) is 93.5 Å². The van der Waals surface area contributed by atoms with Crippen molar-refractivity contribution in [2.75, 3.05) is 11.8 Å². The summed E-state index contributed by atoms with van der Waals surface area (Å²) >= 11 is 11.9. The monoisotopic (exact) mass is 491 g/mol. The Morgan fingerprint density at radius 2 is 1.56 bits per heavy atom. The normalized spacial score (nSPS) is 11.0. The zero-order valence-electron chi connectivity index (χ0n) is 16.9. The van der Waals surface area contributed by atoms with Crippen LogP contribution in [0.5, 0.6) is 0 Å². The van der Waals surface area contributed by atoms with Crippen molar-refractivity contribution in [3.8, 4) is 0 Å². The van der Waals surface area contributed by atoms with Crippen LogP contribution in [0.1, 0.15) is 26.3 Å². The lowest BCUT2D eigenvalue weighted by Crippen LogP contribution is -2.24. The Labute approximate surface area is 195 Å². The van der Waals surface area contributed by atoms with E-state index in [9.17, 15) is 18.0 Å². The van der Waals surface area contributed by atoms with Crippen LogP contribution in [0, 0.1) is 0 Å². The Hall–Kier alpha value is -3.07. The molecule has 0 aliphatic carbocycles. The molecule has 7 nitrogen and oxygen atoms in total. The lowest BCUT2D eigenvalue weighted by molar-refractivity contribution is 0.0948. The standard InChI is InChI=1S/C22H19Cl2N3O4S/c1-25-21(28)15-4-2-3-14(11-15)13-26-22(29)16-5-10-19(24)20(12-16)32(30,31)27-18-8-6-17(23)7-9-18/h2-12,27H,13H2,1H3,(H,25,28)(H,26,29). The third-order valence-electron chi connectivity index (χ3n) is 4.45. The highest BCUT2D eigenvalue weighted by Crippen LogP contribution is 2.25. The Balaban J connectivity index is 1.76. The molecule has 0 saturated heterocycles. The fourth-order valence-corrected chi connectivity index (χ4v) is 4.54. The summed E-state index contributed by atoms with van der Waals surface area (Å²) in [5.74, 6) is -0.728. The number of amides is 2. The second kappa shape index (κ2) is 10.0. The van der Waals surface area contributed by atoms with Gasteiger partial charge in [0.05, 0.1) is 5.02 Å². The molecule has 0 spiro atoms. The molecule has 10 heteroatoms. The van der Waals surface area contributed by atoms with Crippen LogP contribution in [-0.4, -0.2) is 27.3 Å². The molecule has 3 aromatic carbocycles. The maximum absolute atomic E-state index is 12.8. The summed E-state index contributed by atoms with van der Waals surface area (Å²) in [5, 5.41) is 5.68. The molecule has 0 aliphatic heterocycles. The molecule has 3 aromatic rings. The number of carbonyl (C=O) groups is 2. The third-order valence-corrected chi connectivity index (χ3v) is 6.56. The predicted molar refractivity (Wildman–Crippen MR) is 125 cm³/mol. The second-order valence-corrected chi connectivity index (χ2v) is 9.21. The van der Waals surface area contributed by atoms with Crippen LogP contribution in [0.3, 0.4) is 0 Å². The molecule has 3 N–H and O–H groups in total. The average Bonchev–Trinajstić information content (AvgIpc) is 2.78. The molecule has 0 heterocycles. The van der Waals surface area contributed by atoms with Crippen molar-refractivity contribution in [2.45, 2.75) is 11.4 Å². The van der Waals surface area contributed by atoms with Crippen LogP contribution < -0.4 is 15.4 Å². The molecular formula is C22H19Cl2N3O4S. The van der Waals surface area contributed by atoms with Gasteiger partial charge in [0.25, 0.3) is 21.8 Å². The fraction of sp³-hybridized carbons (Fsp3) is 0.0909. The molecule has 0 unspecified atom stereocenters. The van der Waals surface area contributed by atoms with E-state index in [4.69, 9.17) is 23.2 Å². The van der Waals surface area contributed by atoms with Gasteiger partial charge in [-0.3, -0.25) is 14.3 Å². The number of anilines is 1. The highest BCUT2D eigenvalue weighted by Gasteiger charge is 2.20. The van der Waals surface area contributed by atoms with Gasteiger partial charge in [0.2, 0.25) is 0 Å². The molecule has 0 radical (unpaired) electrons. The molecule has 0 fully saturated rings. The van der Waals surface area contributed by atoms with Crippen LogP contribution in [-0.2, 0) is 16.6 Å². The minimum absolute atomic E-state index is 0.0266. The smallest absolute Gasteiger partial charge is 0.263 e. The number of benzene rings is 3. The topological polar surface area (TPSA) is 104 Å². The first-order valence-corrected chi connectivity index (χ1v) is 11.6. The number of carbonyl (C=O) groups excluding carboxylic acids is 2. The van der Waals surface area contributed by atoms with Crippen LogP contribution in [0.25, 0.3) is 0 Å². The summed E-state index contributed by atoms with van der Waals surface area (Å²) in [4.78, 5) is 24.1. The summed E-state index contributed by atoms with van der Waals surface area (Å²) in [6.45, 7) is 0.150. The fourth-order valence-electron chi connectivity index (χ4n) is 2.83. The van der Waals surface area contributed by atoms with E-state index >= 15 is 0 Å². The summed E-state index contributed by atoms with van der Waals surface area (Å²) in [7, 11) is -2.52. The van der Waals surface area contributed by atoms with Crippen molar-refractivity contribution in [2.24, 2.45) is 0 Å². The van der Waals surface area contributed by atoms with E-state index in [0.717, 1.165) is 0 Å². The first-order valence-electron chi connectivity index (χ1n) is 9.37. The second-order valence-electron chi connectivity index (χ2n) is 6.72. The maximum Gasteiger partial charge on any atom is 0.263 e. The van der Waals surface area contributed by atoms with Crippen molar-refractivity contribution < 1.29 is 18.0 Å². The number of halogens is 2. The quantitative estimate of drug-likeness (QED) is 0.462. The summed E-state index contributed by atoms with van der Waals surface area (Å²) in [6.07, 6.45) is 0. The van der Waals surface area contributed by atoms with Crippen LogP contribution >= 0.6 is 23.2 Å². The van der Waals surface area contributed by atoms with Gasteiger partial charge in [-0.1, -0.05) is 35.3 Å². The maximum atomic E-state index is 12.8. The highest BCUT2D eigenvalue weighted by molar-refractivity contribution is 7.92. The van der Waals surface area contributed by atoms with E-state index < -0.39 is 15.9 Å². The van der Waals surface area contributed by atoms with Crippen molar-refractivity contribution >= 4 is 50.7 Å². The van der Waals surface area contributed by atoms with Gasteiger partial charge in [-0.05, 0) is 60.2 Å². The molecule has 0 bridgehead atoms. The number of hydrogen-bond donors (Lipinski definition) is 3. The Bertz CT molecular complexity index is 1260. The first kappa shape index (κ1) is 23.6. The van der Waals surface area contributed by atoms with Crippen LogP contribution in [0.2, 0.25) is 10.0 Å². The van der Waals surface area contributed by atoms with Crippen molar-refractivity contribution in [1.29, 1.82) is 0 Å². The molecule has 0 aromatic heterocycles. The molecular weight excluding hydrogens is 473 g/mol. The summed E-state index contributed by atoms with van der Waals surface area (Å²) in [6, 6.07) is 16.9. The molecule has 0 saturated carbocycles. The van der Waals surface area contributed by atoms with Gasteiger partial charge >= 0.3 is 0 Å². The van der Waals surface area contributed by atoms with Crippen LogP contribution in [0.4, 0.5) is 5.69 Å². The van der Waals surface area contributed by atoms with E-state index in [2.05, 4.69) is 15.4 Å². The van der Waals surface area contributed by atoms with Crippen molar-refractivity contribution in [1.82, 2.24) is 10.6 Å². The first-order chi connectivity index (χ1) is 15.2. The lowest BCUT2D eigenvalue weighted by Gasteiger charge is -2.12. The SMILES string of the molecule is CNC(=O)c1cccc(CNC(=O)c2ccc(Cl)c(S(=O)(=O)Nc3ccc(Cl)cc3)c2)c1. The van der Waals surface area contributed by atoms with Gasteiger partial charge in [-0.15, -0.1) is 0 Å². The largest absolute Gasteiger partial charge is 0.355 e. The van der Waals surface area contributed by atoms with Gasteiger partial charge in [0.1, 0.15) is 4.90 Å².